The van der Waals surface area contributed by atoms with Crippen LogP contribution >= 0.6 is 0 Å². The van der Waals surface area contributed by atoms with Gasteiger partial charge in [-0.15, -0.1) is 0 Å². The van der Waals surface area contributed by atoms with Crippen LogP contribution in [0.3, 0.4) is 0 Å². The number of ether oxygens (including phenoxy) is 1. The van der Waals surface area contributed by atoms with Crippen LogP contribution in [0.15, 0.2) is 30.3 Å². The van der Waals surface area contributed by atoms with Gasteiger partial charge >= 0.3 is 6.09 Å². The Balaban J connectivity index is 1.54. The second-order valence-electron chi connectivity index (χ2n) is 7.69. The van der Waals surface area contributed by atoms with E-state index in [1.54, 1.807) is 0 Å². The average Bonchev–Trinajstić information content (AvgIpc) is 2.69. The predicted molar refractivity (Wildman–Crippen MR) is 102 cm³/mol. The average molecular weight is 368 g/mol. The second kappa shape index (κ2) is 9.55. The lowest BCUT2D eigenvalue weighted by atomic mass is 9.76. The summed E-state index contributed by atoms with van der Waals surface area (Å²) in [6.07, 6.45) is 6.95. The van der Waals surface area contributed by atoms with Gasteiger partial charge in [-0.3, -0.25) is 4.79 Å². The van der Waals surface area contributed by atoms with Crippen LogP contribution in [0.5, 0.6) is 0 Å². The van der Waals surface area contributed by atoms with E-state index in [0.717, 1.165) is 50.5 Å². The number of rotatable bonds is 7. The van der Waals surface area contributed by atoms with Gasteiger partial charge in [-0.05, 0) is 50.5 Å². The number of fused-ring (bicyclic) bond motifs is 2. The molecule has 0 spiro atoms. The molecular formula is C22H28N2O3. The van der Waals surface area contributed by atoms with Crippen LogP contribution in [0.2, 0.25) is 0 Å². The van der Waals surface area contributed by atoms with Gasteiger partial charge in [0.1, 0.15) is 12.4 Å². The van der Waals surface area contributed by atoms with Gasteiger partial charge in [0.25, 0.3) is 0 Å². The Kier molecular flexibility index (Phi) is 6.86. The maximum Gasteiger partial charge on any atom is 0.410 e. The molecule has 2 fully saturated rings. The molecule has 0 saturated carbocycles. The first-order valence-electron chi connectivity index (χ1n) is 10.1. The summed E-state index contributed by atoms with van der Waals surface area (Å²) in [5.41, 5.74) is 0.985. The fourth-order valence-corrected chi connectivity index (χ4v) is 4.44. The Labute approximate surface area is 161 Å². The van der Waals surface area contributed by atoms with Gasteiger partial charge in [-0.25, -0.2) is 4.79 Å². The summed E-state index contributed by atoms with van der Waals surface area (Å²) in [6.45, 7) is 0.289. The van der Waals surface area contributed by atoms with Crippen molar-refractivity contribution in [2.45, 2.75) is 76.5 Å². The van der Waals surface area contributed by atoms with Crippen LogP contribution in [0.25, 0.3) is 0 Å². The molecule has 0 aliphatic carbocycles. The Morgan fingerprint density at radius 3 is 2.48 bits per heavy atom. The molecule has 2 aliphatic rings. The zero-order valence-electron chi connectivity index (χ0n) is 15.8. The topological polar surface area (TPSA) is 70.4 Å². The fourth-order valence-electron chi connectivity index (χ4n) is 4.44. The zero-order valence-corrected chi connectivity index (χ0v) is 15.8. The lowest BCUT2D eigenvalue weighted by Crippen LogP contribution is -2.55. The molecule has 144 valence electrons. The first kappa shape index (κ1) is 19.4. The number of piperidine rings is 2. The van der Waals surface area contributed by atoms with Crippen molar-refractivity contribution in [3.05, 3.63) is 35.9 Å². The third-order valence-corrected chi connectivity index (χ3v) is 5.81. The third-order valence-electron chi connectivity index (χ3n) is 5.81. The number of hydrogen-bond donors (Lipinski definition) is 0. The van der Waals surface area contributed by atoms with Crippen LogP contribution in [0.1, 0.15) is 63.4 Å². The van der Waals surface area contributed by atoms with E-state index in [1.165, 1.54) is 0 Å². The number of carbonyl (C=O) groups is 2. The van der Waals surface area contributed by atoms with Gasteiger partial charge < -0.3 is 9.64 Å². The molecule has 1 aromatic carbocycles. The largest absolute Gasteiger partial charge is 0.445 e. The summed E-state index contributed by atoms with van der Waals surface area (Å²) in [4.78, 5) is 27.2. The van der Waals surface area contributed by atoms with Gasteiger partial charge in [0.15, 0.2) is 0 Å². The molecule has 0 N–H and O–H groups in total. The number of ketones is 1. The van der Waals surface area contributed by atoms with Gasteiger partial charge in [-0.2, -0.15) is 5.26 Å². The van der Waals surface area contributed by atoms with E-state index in [1.807, 2.05) is 35.2 Å². The van der Waals surface area contributed by atoms with Crippen molar-refractivity contribution in [3.63, 3.8) is 0 Å². The minimum absolute atomic E-state index is 0.0561. The Morgan fingerprint density at radius 1 is 1.11 bits per heavy atom. The molecule has 2 atom stereocenters. The van der Waals surface area contributed by atoms with Gasteiger partial charge in [0.2, 0.25) is 0 Å². The quantitative estimate of drug-likeness (QED) is 0.659. The molecule has 1 amide bonds. The molecule has 1 aromatic rings. The van der Waals surface area contributed by atoms with Crippen LogP contribution in [-0.4, -0.2) is 28.9 Å². The Morgan fingerprint density at radius 2 is 1.81 bits per heavy atom. The Hall–Kier alpha value is -2.35. The number of Topliss-reactive ketones (excluding diaryl/α,β-unsaturated/α-hetero) is 1. The van der Waals surface area contributed by atoms with E-state index in [9.17, 15) is 9.59 Å². The molecule has 5 nitrogen and oxygen atoms in total. The van der Waals surface area contributed by atoms with Crippen molar-refractivity contribution >= 4 is 11.9 Å². The van der Waals surface area contributed by atoms with Crippen molar-refractivity contribution in [2.75, 3.05) is 0 Å². The molecule has 2 bridgehead atoms. The summed E-state index contributed by atoms with van der Waals surface area (Å²) in [7, 11) is 0. The molecule has 2 aliphatic heterocycles. The van der Waals surface area contributed by atoms with Gasteiger partial charge in [0.05, 0.1) is 6.07 Å². The van der Waals surface area contributed by atoms with Gasteiger partial charge in [0, 0.05) is 30.8 Å². The van der Waals surface area contributed by atoms with Crippen LogP contribution in [0.4, 0.5) is 4.79 Å². The molecule has 2 saturated heterocycles. The lowest BCUT2D eigenvalue weighted by molar-refractivity contribution is -0.126. The summed E-state index contributed by atoms with van der Waals surface area (Å²) >= 11 is 0. The van der Waals surface area contributed by atoms with Crippen molar-refractivity contribution < 1.29 is 14.3 Å². The number of hydrogen-bond acceptors (Lipinski definition) is 4. The predicted octanol–water partition coefficient (Wildman–Crippen LogP) is 4.61. The van der Waals surface area contributed by atoms with Crippen LogP contribution in [0, 0.1) is 17.2 Å². The minimum Gasteiger partial charge on any atom is -0.445 e. The van der Waals surface area contributed by atoms with E-state index in [2.05, 4.69) is 6.07 Å². The maximum absolute atomic E-state index is 12.7. The number of nitrogens with zero attached hydrogens (tertiary/aromatic N) is 2. The highest BCUT2D eigenvalue weighted by molar-refractivity contribution is 5.81. The maximum atomic E-state index is 12.7. The minimum atomic E-state index is -0.242. The van der Waals surface area contributed by atoms with Crippen molar-refractivity contribution in [3.8, 4) is 6.07 Å². The van der Waals surface area contributed by atoms with E-state index >= 15 is 0 Å². The second-order valence-corrected chi connectivity index (χ2v) is 7.69. The van der Waals surface area contributed by atoms with Crippen LogP contribution < -0.4 is 0 Å². The SMILES string of the molecule is N#CCCCCC(=O)C1CC2CCCC(C1)N2C(=O)OCc1ccccc1. The number of unbranched alkanes of at least 4 members (excludes halogenated alkanes) is 2. The zero-order chi connectivity index (χ0) is 19.1. The molecule has 27 heavy (non-hydrogen) atoms. The smallest absolute Gasteiger partial charge is 0.410 e. The summed E-state index contributed by atoms with van der Waals surface area (Å²) < 4.78 is 5.56. The monoisotopic (exact) mass is 368 g/mol. The Bertz CT molecular complexity index is 669. The van der Waals surface area contributed by atoms with E-state index in [4.69, 9.17) is 10.00 Å². The summed E-state index contributed by atoms with van der Waals surface area (Å²) in [6, 6.07) is 12.1. The first-order chi connectivity index (χ1) is 13.2. The molecular weight excluding hydrogens is 340 g/mol. The molecule has 0 radical (unpaired) electrons. The fraction of sp³-hybridized carbons (Fsp3) is 0.591. The molecule has 2 heterocycles. The third kappa shape index (κ3) is 5.09. The van der Waals surface area contributed by atoms with Gasteiger partial charge in [-0.1, -0.05) is 30.3 Å². The normalized spacial score (nSPS) is 24.1. The molecule has 5 heteroatoms. The van der Waals surface area contributed by atoms with Crippen molar-refractivity contribution in [1.29, 1.82) is 5.26 Å². The molecule has 0 aromatic heterocycles. The number of nitriles is 1. The summed E-state index contributed by atoms with van der Waals surface area (Å²) in [5.74, 6) is 0.364. The highest BCUT2D eigenvalue weighted by Gasteiger charge is 2.43. The van der Waals surface area contributed by atoms with E-state index in [-0.39, 0.29) is 30.7 Å². The van der Waals surface area contributed by atoms with Crippen molar-refractivity contribution in [2.24, 2.45) is 5.92 Å². The van der Waals surface area contributed by atoms with E-state index in [0.29, 0.717) is 18.6 Å². The highest BCUT2D eigenvalue weighted by Crippen LogP contribution is 2.38. The standard InChI is InChI=1S/C22H28N2O3/c23-13-6-2-5-12-21(25)18-14-19-10-7-11-20(15-18)24(19)22(26)27-16-17-8-3-1-4-9-17/h1,3-4,8-9,18-20H,2,5-7,10-12,14-16H2. The number of benzene rings is 1. The van der Waals surface area contributed by atoms with E-state index < -0.39 is 0 Å². The number of amides is 1. The van der Waals surface area contributed by atoms with Crippen molar-refractivity contribution in [1.82, 2.24) is 4.90 Å². The van der Waals surface area contributed by atoms with Crippen LogP contribution in [-0.2, 0) is 16.1 Å². The lowest BCUT2D eigenvalue weighted by Gasteiger charge is -2.47. The molecule has 2 unspecified atom stereocenters. The highest BCUT2D eigenvalue weighted by atomic mass is 16.6. The first-order valence-corrected chi connectivity index (χ1v) is 10.1. The molecule has 3 rings (SSSR count). The number of carbonyl (C=O) groups excluding carboxylic acids is 2. The summed E-state index contributed by atoms with van der Waals surface area (Å²) in [5, 5.41) is 8.60.